The van der Waals surface area contributed by atoms with Gasteiger partial charge in [0.15, 0.2) is 0 Å². The van der Waals surface area contributed by atoms with Crippen LogP contribution in [0.3, 0.4) is 0 Å². The molecular formula is C27H30N6O7. The summed E-state index contributed by atoms with van der Waals surface area (Å²) in [4.78, 5) is 45.5. The van der Waals surface area contributed by atoms with Gasteiger partial charge >= 0.3 is 18.1 Å². The van der Waals surface area contributed by atoms with Gasteiger partial charge in [-0.3, -0.25) is 15.0 Å². The number of amides is 1. The highest BCUT2D eigenvalue weighted by Crippen LogP contribution is 2.35. The fourth-order valence-corrected chi connectivity index (χ4v) is 4.27. The molecule has 1 aliphatic rings. The molecule has 1 aromatic heterocycles. The minimum Gasteiger partial charge on any atom is -0.480 e. The Morgan fingerprint density at radius 1 is 1.23 bits per heavy atom. The van der Waals surface area contributed by atoms with E-state index in [9.17, 15) is 24.8 Å². The van der Waals surface area contributed by atoms with Gasteiger partial charge < -0.3 is 25.6 Å². The number of carbonyl (C=O) groups excluding carboxylic acids is 1. The number of para-hydroxylation sites is 1. The van der Waals surface area contributed by atoms with Crippen LogP contribution in [0.4, 0.5) is 16.2 Å². The molecule has 1 amide bonds. The first-order chi connectivity index (χ1) is 19.3. The SMILES string of the molecule is CC(CN)CNc1c(-c2ccnc(O[C@H]3C[C@@H](C(=O)O)N(C(=O)OCc4ccccc4)C3)n2)cccc1[N+](=O)[O-]. The summed E-state index contributed by atoms with van der Waals surface area (Å²) >= 11 is 0. The Kier molecular flexibility index (Phi) is 9.07. The third kappa shape index (κ3) is 6.80. The van der Waals surface area contributed by atoms with Crippen LogP contribution >= 0.6 is 0 Å². The lowest BCUT2D eigenvalue weighted by atomic mass is 10.1. The first kappa shape index (κ1) is 28.2. The van der Waals surface area contributed by atoms with Crippen LogP contribution in [0.5, 0.6) is 6.01 Å². The topological polar surface area (TPSA) is 183 Å². The number of carboxylic acids is 1. The van der Waals surface area contributed by atoms with Gasteiger partial charge in [-0.25, -0.2) is 14.6 Å². The summed E-state index contributed by atoms with van der Waals surface area (Å²) in [6, 6.07) is 14.1. The average Bonchev–Trinajstić information content (AvgIpc) is 3.39. The minimum absolute atomic E-state index is 0.00281. The molecule has 0 spiro atoms. The number of carbonyl (C=O) groups is 2. The molecule has 4 rings (SSSR count). The molecule has 1 fully saturated rings. The van der Waals surface area contributed by atoms with Gasteiger partial charge in [-0.05, 0) is 24.1 Å². The molecule has 3 atom stereocenters. The summed E-state index contributed by atoms with van der Waals surface area (Å²) in [6.07, 6.45) is -0.0350. The predicted octanol–water partition coefficient (Wildman–Crippen LogP) is 3.30. The van der Waals surface area contributed by atoms with E-state index in [0.717, 1.165) is 10.5 Å². The second-order valence-electron chi connectivity index (χ2n) is 9.43. The third-order valence-corrected chi connectivity index (χ3v) is 6.44. The van der Waals surface area contributed by atoms with Gasteiger partial charge in [-0.1, -0.05) is 49.4 Å². The Balaban J connectivity index is 1.50. The molecule has 2 aromatic carbocycles. The van der Waals surface area contributed by atoms with Crippen molar-refractivity contribution in [1.29, 1.82) is 0 Å². The Bertz CT molecular complexity index is 1360. The maximum absolute atomic E-state index is 12.7. The first-order valence-electron chi connectivity index (χ1n) is 12.7. The van der Waals surface area contributed by atoms with E-state index < -0.39 is 29.1 Å². The van der Waals surface area contributed by atoms with Gasteiger partial charge in [0.1, 0.15) is 24.4 Å². The minimum atomic E-state index is -1.18. The van der Waals surface area contributed by atoms with Crippen molar-refractivity contribution >= 4 is 23.4 Å². The number of aliphatic carboxylic acids is 1. The second kappa shape index (κ2) is 12.8. The zero-order chi connectivity index (χ0) is 28.6. The van der Waals surface area contributed by atoms with Gasteiger partial charge in [-0.15, -0.1) is 0 Å². The molecule has 40 heavy (non-hydrogen) atoms. The second-order valence-corrected chi connectivity index (χ2v) is 9.43. The van der Waals surface area contributed by atoms with E-state index in [0.29, 0.717) is 24.3 Å². The fraction of sp³-hybridized carbons (Fsp3) is 0.333. The van der Waals surface area contributed by atoms with E-state index in [1.807, 2.05) is 25.1 Å². The average molecular weight is 551 g/mol. The molecule has 1 aliphatic heterocycles. The van der Waals surface area contributed by atoms with Crippen molar-refractivity contribution in [2.45, 2.75) is 32.1 Å². The molecule has 1 saturated heterocycles. The van der Waals surface area contributed by atoms with Crippen LogP contribution in [-0.4, -0.2) is 68.7 Å². The number of carboxylic acid groups (broad SMARTS) is 1. The molecule has 2 heterocycles. The molecule has 210 valence electrons. The zero-order valence-electron chi connectivity index (χ0n) is 21.8. The molecule has 0 bridgehead atoms. The monoisotopic (exact) mass is 550 g/mol. The molecule has 1 unspecified atom stereocenters. The molecule has 13 heteroatoms. The molecule has 3 aromatic rings. The smallest absolute Gasteiger partial charge is 0.410 e. The van der Waals surface area contributed by atoms with Gasteiger partial charge in [-0.2, -0.15) is 4.98 Å². The van der Waals surface area contributed by atoms with Crippen molar-refractivity contribution in [1.82, 2.24) is 14.9 Å². The number of rotatable bonds is 11. The number of nitrogens with two attached hydrogens (primary N) is 1. The lowest BCUT2D eigenvalue weighted by Gasteiger charge is -2.20. The zero-order valence-corrected chi connectivity index (χ0v) is 21.8. The number of nitrogens with zero attached hydrogens (tertiary/aromatic N) is 4. The Morgan fingerprint density at radius 3 is 2.70 bits per heavy atom. The Hall–Kier alpha value is -4.78. The van der Waals surface area contributed by atoms with E-state index in [1.54, 1.807) is 30.3 Å². The van der Waals surface area contributed by atoms with Crippen LogP contribution in [0.15, 0.2) is 60.8 Å². The van der Waals surface area contributed by atoms with Gasteiger partial charge in [0, 0.05) is 30.8 Å². The number of benzene rings is 2. The van der Waals surface area contributed by atoms with Crippen molar-refractivity contribution < 1.29 is 29.1 Å². The summed E-state index contributed by atoms with van der Waals surface area (Å²) < 4.78 is 11.2. The number of hydrogen-bond donors (Lipinski definition) is 3. The number of ether oxygens (including phenoxy) is 2. The molecular weight excluding hydrogens is 520 g/mol. The number of anilines is 1. The van der Waals surface area contributed by atoms with E-state index in [2.05, 4.69) is 15.3 Å². The number of likely N-dealkylation sites (tertiary alicyclic amines) is 1. The van der Waals surface area contributed by atoms with Crippen LogP contribution in [0, 0.1) is 16.0 Å². The summed E-state index contributed by atoms with van der Waals surface area (Å²) in [5, 5.41) is 24.5. The largest absolute Gasteiger partial charge is 0.480 e. The summed E-state index contributed by atoms with van der Waals surface area (Å²) in [7, 11) is 0. The maximum atomic E-state index is 12.7. The third-order valence-electron chi connectivity index (χ3n) is 6.44. The molecule has 4 N–H and O–H groups in total. The Morgan fingerprint density at radius 2 is 2.00 bits per heavy atom. The van der Waals surface area contributed by atoms with Gasteiger partial charge in [0.05, 0.1) is 17.2 Å². The summed E-state index contributed by atoms with van der Waals surface area (Å²) in [5.74, 6) is -1.11. The van der Waals surface area contributed by atoms with Crippen LogP contribution in [0.2, 0.25) is 0 Å². The maximum Gasteiger partial charge on any atom is 0.410 e. The van der Waals surface area contributed by atoms with E-state index in [1.165, 1.54) is 12.3 Å². The lowest BCUT2D eigenvalue weighted by molar-refractivity contribution is -0.383. The van der Waals surface area contributed by atoms with E-state index in [4.69, 9.17) is 15.2 Å². The van der Waals surface area contributed by atoms with Crippen molar-refractivity contribution in [3.05, 3.63) is 76.5 Å². The van der Waals surface area contributed by atoms with Crippen LogP contribution in [-0.2, 0) is 16.1 Å². The van der Waals surface area contributed by atoms with Crippen LogP contribution in [0.25, 0.3) is 11.3 Å². The standard InChI is InChI=1S/C27H30N6O7/c1-17(13-28)14-30-24-20(8-5-9-22(24)33(37)38)21-10-11-29-26(31-21)40-19-12-23(25(34)35)32(15-19)27(36)39-16-18-6-3-2-4-7-18/h2-11,17,19,23,30H,12-16,28H2,1H3,(H,34,35)/t17?,19-,23-/m0/s1. The van der Waals surface area contributed by atoms with E-state index >= 15 is 0 Å². The van der Waals surface area contributed by atoms with Crippen LogP contribution in [0.1, 0.15) is 18.9 Å². The summed E-state index contributed by atoms with van der Waals surface area (Å²) in [6.45, 7) is 2.70. The highest BCUT2D eigenvalue weighted by atomic mass is 16.6. The van der Waals surface area contributed by atoms with Crippen LogP contribution < -0.4 is 15.8 Å². The molecule has 0 aliphatic carbocycles. The molecule has 0 radical (unpaired) electrons. The van der Waals surface area contributed by atoms with E-state index in [-0.39, 0.29) is 42.9 Å². The van der Waals surface area contributed by atoms with Gasteiger partial charge in [0.25, 0.3) is 5.69 Å². The summed E-state index contributed by atoms with van der Waals surface area (Å²) in [5.41, 5.74) is 7.47. The molecule has 0 saturated carbocycles. The predicted molar refractivity (Wildman–Crippen MR) is 145 cm³/mol. The number of hydrogen-bond acceptors (Lipinski definition) is 10. The number of nitrogens with one attached hydrogen (secondary N) is 1. The van der Waals surface area contributed by atoms with Crippen molar-refractivity contribution in [2.75, 3.05) is 25.0 Å². The van der Waals surface area contributed by atoms with Crippen molar-refractivity contribution in [2.24, 2.45) is 11.7 Å². The van der Waals surface area contributed by atoms with Crippen molar-refractivity contribution in [3.8, 4) is 17.3 Å². The number of nitro groups is 1. The normalized spacial score (nSPS) is 17.2. The van der Waals surface area contributed by atoms with Crippen molar-refractivity contribution in [3.63, 3.8) is 0 Å². The fourth-order valence-electron chi connectivity index (χ4n) is 4.27. The van der Waals surface area contributed by atoms with Gasteiger partial charge in [0.2, 0.25) is 0 Å². The lowest BCUT2D eigenvalue weighted by Crippen LogP contribution is -2.40. The number of nitro benzene ring substituents is 1. The highest BCUT2D eigenvalue weighted by Gasteiger charge is 2.42. The quantitative estimate of drug-likeness (QED) is 0.235. The molecule has 13 nitrogen and oxygen atoms in total. The highest BCUT2D eigenvalue weighted by molar-refractivity contribution is 5.83. The Labute approximate surface area is 230 Å². The number of aromatic nitrogens is 2. The first-order valence-corrected chi connectivity index (χ1v) is 12.7.